The highest BCUT2D eigenvalue weighted by Gasteiger charge is 2.15. The fourth-order valence-corrected chi connectivity index (χ4v) is 1.47. The summed E-state index contributed by atoms with van der Waals surface area (Å²) in [5.74, 6) is 0.871. The lowest BCUT2D eigenvalue weighted by Crippen LogP contribution is -2.32. The summed E-state index contributed by atoms with van der Waals surface area (Å²) in [4.78, 5) is 12.1. The Kier molecular flexibility index (Phi) is 7.39. The summed E-state index contributed by atoms with van der Waals surface area (Å²) in [5.41, 5.74) is 0.0417. The zero-order valence-electron chi connectivity index (χ0n) is 11.5. The molecule has 1 rings (SSSR count). The van der Waals surface area contributed by atoms with Crippen molar-refractivity contribution in [2.45, 2.75) is 52.6 Å². The van der Waals surface area contributed by atoms with Gasteiger partial charge in [-0.15, -0.1) is 0 Å². The molecule has 1 saturated heterocycles. The molecule has 0 spiro atoms. The van der Waals surface area contributed by atoms with Crippen LogP contribution in [0.1, 0.15) is 47.0 Å². The number of hydrogen-bond donors (Lipinski definition) is 0. The number of likely N-dealkylation sites (tertiary alicyclic amines) is 1. The van der Waals surface area contributed by atoms with Gasteiger partial charge in [-0.1, -0.05) is 13.3 Å². The van der Waals surface area contributed by atoms with Crippen LogP contribution in [0.15, 0.2) is 0 Å². The Bertz CT molecular complexity index is 179. The van der Waals surface area contributed by atoms with Gasteiger partial charge in [0.25, 0.3) is 0 Å². The van der Waals surface area contributed by atoms with E-state index in [9.17, 15) is 4.79 Å². The summed E-state index contributed by atoms with van der Waals surface area (Å²) in [6.07, 6.45) is 4.64. The summed E-state index contributed by atoms with van der Waals surface area (Å²) in [5, 5.41) is 0. The number of carbonyl (C=O) groups is 1. The molecule has 0 atom stereocenters. The molecule has 0 N–H and O–H groups in total. The molecule has 0 saturated carbocycles. The quantitative estimate of drug-likeness (QED) is 0.681. The Hall–Kier alpha value is -0.570. The smallest absolute Gasteiger partial charge is 0.209 e. The van der Waals surface area contributed by atoms with Crippen LogP contribution in [0.4, 0.5) is 0 Å². The van der Waals surface area contributed by atoms with E-state index < -0.39 is 0 Å². The Morgan fingerprint density at radius 1 is 1.31 bits per heavy atom. The summed E-state index contributed by atoms with van der Waals surface area (Å²) < 4.78 is 4.94. The van der Waals surface area contributed by atoms with Gasteiger partial charge in [-0.05, 0) is 39.5 Å². The van der Waals surface area contributed by atoms with Crippen LogP contribution in [0.3, 0.4) is 0 Å². The average Bonchev–Trinajstić information content (AvgIpc) is 2.29. The second-order valence-corrected chi connectivity index (χ2v) is 5.31. The molecule has 0 aliphatic carbocycles. The molecule has 1 fully saturated rings. The number of nitrogens with zero attached hydrogens (tertiary/aromatic N) is 1. The van der Waals surface area contributed by atoms with Crippen molar-refractivity contribution in [3.63, 3.8) is 0 Å². The van der Waals surface area contributed by atoms with Gasteiger partial charge in [0, 0.05) is 20.2 Å². The summed E-state index contributed by atoms with van der Waals surface area (Å²) in [7, 11) is 1.71. The van der Waals surface area contributed by atoms with Crippen molar-refractivity contribution in [3.8, 4) is 0 Å². The Morgan fingerprint density at radius 3 is 2.00 bits per heavy atom. The van der Waals surface area contributed by atoms with Crippen molar-refractivity contribution in [1.82, 2.24) is 4.90 Å². The van der Waals surface area contributed by atoms with E-state index in [-0.39, 0.29) is 5.60 Å². The van der Waals surface area contributed by atoms with E-state index in [0.717, 1.165) is 25.4 Å². The molecule has 1 aliphatic rings. The number of methoxy groups -OCH3 is 1. The van der Waals surface area contributed by atoms with Crippen molar-refractivity contribution < 1.29 is 9.53 Å². The summed E-state index contributed by atoms with van der Waals surface area (Å²) >= 11 is 0. The lowest BCUT2D eigenvalue weighted by atomic mass is 9.95. The van der Waals surface area contributed by atoms with Crippen LogP contribution < -0.4 is 0 Å². The number of ether oxygens (including phenoxy) is 1. The second kappa shape index (κ2) is 7.66. The predicted octanol–water partition coefficient (Wildman–Crippen LogP) is 2.70. The monoisotopic (exact) mass is 229 g/mol. The Morgan fingerprint density at radius 2 is 1.75 bits per heavy atom. The van der Waals surface area contributed by atoms with Crippen LogP contribution in [0.25, 0.3) is 0 Å². The van der Waals surface area contributed by atoms with E-state index in [1.165, 1.54) is 19.3 Å². The second-order valence-electron chi connectivity index (χ2n) is 5.31. The van der Waals surface area contributed by atoms with Gasteiger partial charge in [-0.25, -0.2) is 0 Å². The number of hydrogen-bond acceptors (Lipinski definition) is 2. The van der Waals surface area contributed by atoms with Crippen LogP contribution in [-0.2, 0) is 9.53 Å². The summed E-state index contributed by atoms with van der Waals surface area (Å²) in [6, 6.07) is 0. The van der Waals surface area contributed by atoms with Crippen molar-refractivity contribution in [2.24, 2.45) is 5.92 Å². The third kappa shape index (κ3) is 7.69. The van der Waals surface area contributed by atoms with E-state index in [4.69, 9.17) is 4.74 Å². The summed E-state index contributed by atoms with van der Waals surface area (Å²) in [6.45, 7) is 10.2. The third-order valence-electron chi connectivity index (χ3n) is 2.99. The molecule has 96 valence electrons. The highest BCUT2D eigenvalue weighted by Crippen LogP contribution is 2.18. The zero-order valence-corrected chi connectivity index (χ0v) is 11.5. The maximum atomic E-state index is 10.3. The van der Waals surface area contributed by atoms with Crippen molar-refractivity contribution >= 4 is 6.41 Å². The van der Waals surface area contributed by atoms with Crippen molar-refractivity contribution in [1.29, 1.82) is 0 Å². The zero-order chi connectivity index (χ0) is 12.6. The van der Waals surface area contributed by atoms with Gasteiger partial charge in [0.2, 0.25) is 6.41 Å². The highest BCUT2D eigenvalue weighted by atomic mass is 16.5. The Balaban J connectivity index is 0.000000325. The van der Waals surface area contributed by atoms with Crippen LogP contribution in [0, 0.1) is 5.92 Å². The van der Waals surface area contributed by atoms with Crippen LogP contribution in [0.5, 0.6) is 0 Å². The lowest BCUT2D eigenvalue weighted by molar-refractivity contribution is -0.119. The van der Waals surface area contributed by atoms with Crippen molar-refractivity contribution in [3.05, 3.63) is 0 Å². The number of carbonyl (C=O) groups excluding carboxylic acids is 1. The van der Waals surface area contributed by atoms with Gasteiger partial charge in [-0.2, -0.15) is 0 Å². The molecule has 0 bridgehead atoms. The van der Waals surface area contributed by atoms with Gasteiger partial charge >= 0.3 is 0 Å². The van der Waals surface area contributed by atoms with Gasteiger partial charge in [0.15, 0.2) is 0 Å². The first-order chi connectivity index (χ1) is 7.42. The maximum Gasteiger partial charge on any atom is 0.209 e. The standard InChI is InChI=1S/C8H15NO.C5H12O/c1-2-8-3-5-9(7-10)6-4-8;1-5(2,3)6-4/h7-8H,2-6H2,1H3;1-4H3. The molecule has 1 aliphatic heterocycles. The molecular formula is C13H27NO2. The molecule has 1 heterocycles. The van der Waals surface area contributed by atoms with Gasteiger partial charge in [0.1, 0.15) is 0 Å². The first-order valence-corrected chi connectivity index (χ1v) is 6.17. The molecule has 0 aromatic rings. The maximum absolute atomic E-state index is 10.3. The molecular weight excluding hydrogens is 202 g/mol. The van der Waals surface area contributed by atoms with Crippen LogP contribution in [0.2, 0.25) is 0 Å². The molecule has 1 amide bonds. The molecule has 0 unspecified atom stereocenters. The van der Waals surface area contributed by atoms with Gasteiger partial charge < -0.3 is 9.64 Å². The minimum absolute atomic E-state index is 0.0417. The normalized spacial score (nSPS) is 17.7. The minimum atomic E-state index is 0.0417. The SMILES string of the molecule is CCC1CCN(C=O)CC1.COC(C)(C)C. The van der Waals surface area contributed by atoms with Crippen LogP contribution in [-0.4, -0.2) is 37.1 Å². The van der Waals surface area contributed by atoms with Crippen LogP contribution >= 0.6 is 0 Å². The first-order valence-electron chi connectivity index (χ1n) is 6.17. The van der Waals surface area contributed by atoms with E-state index in [0.29, 0.717) is 0 Å². The molecule has 0 aromatic carbocycles. The van der Waals surface area contributed by atoms with Gasteiger partial charge in [-0.3, -0.25) is 4.79 Å². The van der Waals surface area contributed by atoms with E-state index in [2.05, 4.69) is 6.92 Å². The topological polar surface area (TPSA) is 29.5 Å². The molecule has 0 aromatic heterocycles. The first kappa shape index (κ1) is 15.4. The fraction of sp³-hybridized carbons (Fsp3) is 0.923. The van der Waals surface area contributed by atoms with E-state index in [1.54, 1.807) is 7.11 Å². The van der Waals surface area contributed by atoms with Gasteiger partial charge in [0.05, 0.1) is 5.60 Å². The van der Waals surface area contributed by atoms with Crippen molar-refractivity contribution in [2.75, 3.05) is 20.2 Å². The van der Waals surface area contributed by atoms with E-state index in [1.807, 2.05) is 25.7 Å². The largest absolute Gasteiger partial charge is 0.379 e. The minimum Gasteiger partial charge on any atom is -0.379 e. The molecule has 3 nitrogen and oxygen atoms in total. The average molecular weight is 229 g/mol. The van der Waals surface area contributed by atoms with E-state index >= 15 is 0 Å². The number of rotatable bonds is 2. The third-order valence-corrected chi connectivity index (χ3v) is 2.99. The predicted molar refractivity (Wildman–Crippen MR) is 67.4 cm³/mol. The fourth-order valence-electron chi connectivity index (χ4n) is 1.47. The number of piperidine rings is 1. The lowest BCUT2D eigenvalue weighted by Gasteiger charge is -2.28. The number of amides is 1. The Labute approximate surface area is 100 Å². The molecule has 16 heavy (non-hydrogen) atoms. The highest BCUT2D eigenvalue weighted by molar-refractivity contribution is 5.47. The molecule has 3 heteroatoms. The molecule has 0 radical (unpaired) electrons.